The fraction of sp³-hybridized carbons (Fsp3) is 1.00. The van der Waals surface area contributed by atoms with Gasteiger partial charge in [-0.25, -0.2) is 0 Å². The zero-order chi connectivity index (χ0) is 10.6. The molecule has 3 heteroatoms. The van der Waals surface area contributed by atoms with Crippen LogP contribution in [-0.4, -0.2) is 63.2 Å². The van der Waals surface area contributed by atoms with Gasteiger partial charge in [-0.2, -0.15) is 0 Å². The van der Waals surface area contributed by atoms with Crippen molar-refractivity contribution in [1.82, 2.24) is 15.1 Å². The third-order valence-electron chi connectivity index (χ3n) is 3.07. The van der Waals surface area contributed by atoms with Crippen molar-refractivity contribution in [2.45, 2.75) is 19.4 Å². The molecular formula is C11H25N3. The molecule has 0 aromatic rings. The zero-order valence-electron chi connectivity index (χ0n) is 10.1. The van der Waals surface area contributed by atoms with E-state index in [0.717, 1.165) is 25.0 Å². The first kappa shape index (κ1) is 12.0. The Morgan fingerprint density at radius 1 is 1.14 bits per heavy atom. The van der Waals surface area contributed by atoms with Crippen molar-refractivity contribution in [2.24, 2.45) is 5.92 Å². The molecule has 1 rings (SSSR count). The number of hydrogen-bond donors (Lipinski definition) is 1. The first-order valence-corrected chi connectivity index (χ1v) is 5.65. The van der Waals surface area contributed by atoms with E-state index in [1.54, 1.807) is 0 Å². The van der Waals surface area contributed by atoms with Gasteiger partial charge in [-0.15, -0.1) is 0 Å². The summed E-state index contributed by atoms with van der Waals surface area (Å²) < 4.78 is 0. The van der Waals surface area contributed by atoms with Gasteiger partial charge in [0.25, 0.3) is 0 Å². The smallest absolute Gasteiger partial charge is 0.0221 e. The Bertz CT molecular complexity index is 159. The molecule has 2 unspecified atom stereocenters. The predicted octanol–water partition coefficient (Wildman–Crippen LogP) is 0.478. The topological polar surface area (TPSA) is 18.5 Å². The minimum atomic E-state index is 0.735. The third-order valence-corrected chi connectivity index (χ3v) is 3.07. The number of hydrogen-bond acceptors (Lipinski definition) is 3. The average molecular weight is 199 g/mol. The highest BCUT2D eigenvalue weighted by atomic mass is 15.2. The van der Waals surface area contributed by atoms with E-state index in [1.807, 2.05) is 0 Å². The quantitative estimate of drug-likeness (QED) is 0.710. The second-order valence-corrected chi connectivity index (χ2v) is 4.94. The van der Waals surface area contributed by atoms with Crippen LogP contribution >= 0.6 is 0 Å². The van der Waals surface area contributed by atoms with Gasteiger partial charge in [0.2, 0.25) is 0 Å². The summed E-state index contributed by atoms with van der Waals surface area (Å²) >= 11 is 0. The maximum Gasteiger partial charge on any atom is 0.0221 e. The summed E-state index contributed by atoms with van der Waals surface area (Å²) in [5.41, 5.74) is 0. The largest absolute Gasteiger partial charge is 0.315 e. The van der Waals surface area contributed by atoms with Gasteiger partial charge < -0.3 is 15.1 Å². The highest BCUT2D eigenvalue weighted by Crippen LogP contribution is 2.13. The molecule has 2 atom stereocenters. The predicted molar refractivity (Wildman–Crippen MR) is 61.6 cm³/mol. The molecule has 1 saturated heterocycles. The number of likely N-dealkylation sites (N-methyl/N-ethyl adjacent to an activating group) is 2. The third kappa shape index (κ3) is 3.95. The summed E-state index contributed by atoms with van der Waals surface area (Å²) in [7, 11) is 6.51. The van der Waals surface area contributed by atoms with Crippen LogP contribution in [0.3, 0.4) is 0 Å². The Labute approximate surface area is 88.5 Å². The van der Waals surface area contributed by atoms with Gasteiger partial charge in [0, 0.05) is 25.7 Å². The van der Waals surface area contributed by atoms with Gasteiger partial charge in [-0.3, -0.25) is 0 Å². The van der Waals surface area contributed by atoms with Gasteiger partial charge in [0.1, 0.15) is 0 Å². The molecule has 1 aliphatic rings. The second kappa shape index (κ2) is 5.69. The molecule has 1 heterocycles. The Hall–Kier alpha value is -0.120. The average Bonchev–Trinajstić information content (AvgIpc) is 2.14. The molecule has 14 heavy (non-hydrogen) atoms. The summed E-state index contributed by atoms with van der Waals surface area (Å²) in [6.07, 6.45) is 1.34. The molecule has 1 fully saturated rings. The molecule has 1 N–H and O–H groups in total. The van der Waals surface area contributed by atoms with Crippen LogP contribution < -0.4 is 5.32 Å². The number of nitrogens with one attached hydrogen (secondary N) is 1. The van der Waals surface area contributed by atoms with Crippen LogP contribution in [0.25, 0.3) is 0 Å². The number of nitrogens with zero attached hydrogens (tertiary/aromatic N) is 2. The SMILES string of the molecule is CC1CNCC(N(C)CCN(C)C)C1. The molecular weight excluding hydrogens is 174 g/mol. The lowest BCUT2D eigenvalue weighted by Crippen LogP contribution is -2.48. The summed E-state index contributed by atoms with van der Waals surface area (Å²) in [6, 6.07) is 0.735. The van der Waals surface area contributed by atoms with Crippen LogP contribution in [-0.2, 0) is 0 Å². The van der Waals surface area contributed by atoms with Crippen LogP contribution in [0, 0.1) is 5.92 Å². The Morgan fingerprint density at radius 3 is 2.43 bits per heavy atom. The van der Waals surface area contributed by atoms with Crippen molar-refractivity contribution < 1.29 is 0 Å². The molecule has 3 nitrogen and oxygen atoms in total. The zero-order valence-corrected chi connectivity index (χ0v) is 10.1. The van der Waals surface area contributed by atoms with Gasteiger partial charge in [0.05, 0.1) is 0 Å². The van der Waals surface area contributed by atoms with Gasteiger partial charge in [-0.05, 0) is 40.0 Å². The minimum Gasteiger partial charge on any atom is -0.315 e. The highest BCUT2D eigenvalue weighted by Gasteiger charge is 2.21. The van der Waals surface area contributed by atoms with Crippen LogP contribution in [0.15, 0.2) is 0 Å². The van der Waals surface area contributed by atoms with Gasteiger partial charge >= 0.3 is 0 Å². The van der Waals surface area contributed by atoms with E-state index in [0.29, 0.717) is 0 Å². The lowest BCUT2D eigenvalue weighted by atomic mass is 9.97. The molecule has 0 spiro atoms. The first-order chi connectivity index (χ1) is 6.59. The monoisotopic (exact) mass is 199 g/mol. The van der Waals surface area contributed by atoms with E-state index < -0.39 is 0 Å². The summed E-state index contributed by atoms with van der Waals surface area (Å²) in [5, 5.41) is 3.50. The van der Waals surface area contributed by atoms with Gasteiger partial charge in [0.15, 0.2) is 0 Å². The Kier molecular flexibility index (Phi) is 4.85. The molecule has 0 aromatic heterocycles. The first-order valence-electron chi connectivity index (χ1n) is 5.65. The number of rotatable bonds is 4. The molecule has 0 amide bonds. The summed E-state index contributed by atoms with van der Waals surface area (Å²) in [4.78, 5) is 4.73. The standard InChI is InChI=1S/C11H25N3/c1-10-7-11(9-12-8-10)14(4)6-5-13(2)3/h10-12H,5-9H2,1-4H3. The normalized spacial score (nSPS) is 28.7. The Balaban J connectivity index is 2.25. The maximum absolute atomic E-state index is 3.50. The van der Waals surface area contributed by atoms with Crippen LogP contribution in [0.2, 0.25) is 0 Å². The van der Waals surface area contributed by atoms with E-state index in [4.69, 9.17) is 0 Å². The second-order valence-electron chi connectivity index (χ2n) is 4.94. The van der Waals surface area contributed by atoms with Crippen molar-refractivity contribution in [3.8, 4) is 0 Å². The van der Waals surface area contributed by atoms with Crippen molar-refractivity contribution >= 4 is 0 Å². The highest BCUT2D eigenvalue weighted by molar-refractivity contribution is 4.80. The van der Waals surface area contributed by atoms with Crippen LogP contribution in [0.5, 0.6) is 0 Å². The van der Waals surface area contributed by atoms with Crippen LogP contribution in [0.1, 0.15) is 13.3 Å². The maximum atomic E-state index is 3.50. The summed E-state index contributed by atoms with van der Waals surface area (Å²) in [5.74, 6) is 0.829. The van der Waals surface area contributed by atoms with E-state index in [9.17, 15) is 0 Å². The van der Waals surface area contributed by atoms with Crippen LogP contribution in [0.4, 0.5) is 0 Å². The molecule has 0 aromatic carbocycles. The minimum absolute atomic E-state index is 0.735. The van der Waals surface area contributed by atoms with E-state index in [1.165, 1.54) is 19.5 Å². The summed E-state index contributed by atoms with van der Waals surface area (Å²) in [6.45, 7) is 7.01. The molecule has 84 valence electrons. The molecule has 1 aliphatic heterocycles. The molecule has 0 radical (unpaired) electrons. The fourth-order valence-corrected chi connectivity index (χ4v) is 2.00. The Morgan fingerprint density at radius 2 is 1.86 bits per heavy atom. The van der Waals surface area contributed by atoms with Crippen molar-refractivity contribution in [1.29, 1.82) is 0 Å². The van der Waals surface area contributed by atoms with Crippen molar-refractivity contribution in [3.05, 3.63) is 0 Å². The van der Waals surface area contributed by atoms with E-state index in [-0.39, 0.29) is 0 Å². The lowest BCUT2D eigenvalue weighted by molar-refractivity contribution is 0.165. The number of piperidine rings is 1. The lowest BCUT2D eigenvalue weighted by Gasteiger charge is -2.35. The van der Waals surface area contributed by atoms with E-state index in [2.05, 4.69) is 43.2 Å². The molecule has 0 aliphatic carbocycles. The van der Waals surface area contributed by atoms with Crippen molar-refractivity contribution in [3.63, 3.8) is 0 Å². The van der Waals surface area contributed by atoms with Crippen molar-refractivity contribution in [2.75, 3.05) is 47.3 Å². The molecule has 0 bridgehead atoms. The van der Waals surface area contributed by atoms with E-state index >= 15 is 0 Å². The fourth-order valence-electron chi connectivity index (χ4n) is 2.00. The molecule has 0 saturated carbocycles. The van der Waals surface area contributed by atoms with Gasteiger partial charge in [-0.1, -0.05) is 6.92 Å².